The van der Waals surface area contributed by atoms with Gasteiger partial charge < -0.3 is 4.42 Å². The Bertz CT molecular complexity index is 659. The van der Waals surface area contributed by atoms with E-state index in [2.05, 4.69) is 25.9 Å². The maximum atomic E-state index is 5.43. The summed E-state index contributed by atoms with van der Waals surface area (Å²) in [5.41, 5.74) is 2.76. The molecule has 80 valence electrons. The Morgan fingerprint density at radius 1 is 1.31 bits per heavy atom. The molecule has 0 saturated carbocycles. The highest BCUT2D eigenvalue weighted by Crippen LogP contribution is 2.28. The molecule has 0 fully saturated rings. The van der Waals surface area contributed by atoms with E-state index in [-0.39, 0.29) is 0 Å². The number of hydrogen-bond acceptors (Lipinski definition) is 4. The molecule has 0 atom stereocenters. The predicted octanol–water partition coefficient (Wildman–Crippen LogP) is 4.02. The largest absolute Gasteiger partial charge is 0.441 e. The first-order chi connectivity index (χ1) is 7.72. The summed E-state index contributed by atoms with van der Waals surface area (Å²) in [5.74, 6) is 0.687. The molecule has 1 aromatic carbocycles. The summed E-state index contributed by atoms with van der Waals surface area (Å²) >= 11 is 4.95. The van der Waals surface area contributed by atoms with Crippen LogP contribution in [-0.4, -0.2) is 9.97 Å². The summed E-state index contributed by atoms with van der Waals surface area (Å²) in [7, 11) is 0. The van der Waals surface area contributed by atoms with Gasteiger partial charge >= 0.3 is 0 Å². The molecule has 0 bridgehead atoms. The predicted molar refractivity (Wildman–Crippen MR) is 67.6 cm³/mol. The van der Waals surface area contributed by atoms with Gasteiger partial charge in [-0.25, -0.2) is 9.97 Å². The summed E-state index contributed by atoms with van der Waals surface area (Å²) in [5, 5.41) is 2.95. The Labute approximate surface area is 104 Å². The Kier molecular flexibility index (Phi) is 2.29. The second-order valence-electron chi connectivity index (χ2n) is 3.39. The third-order valence-corrected chi connectivity index (χ3v) is 3.82. The van der Waals surface area contributed by atoms with Crippen molar-refractivity contribution in [1.82, 2.24) is 9.97 Å². The number of rotatable bonds is 1. The van der Waals surface area contributed by atoms with Crippen LogP contribution in [0.15, 0.2) is 32.6 Å². The number of fused-ring (bicyclic) bond motifs is 1. The van der Waals surface area contributed by atoms with Crippen molar-refractivity contribution >= 4 is 38.4 Å². The summed E-state index contributed by atoms with van der Waals surface area (Å²) in [6.07, 6.45) is 0. The van der Waals surface area contributed by atoms with Crippen molar-refractivity contribution in [2.45, 2.75) is 6.92 Å². The maximum absolute atomic E-state index is 5.43. The van der Waals surface area contributed by atoms with Gasteiger partial charge in [-0.15, -0.1) is 11.3 Å². The zero-order valence-electron chi connectivity index (χ0n) is 8.40. The van der Waals surface area contributed by atoms with Crippen LogP contribution in [0.5, 0.6) is 0 Å². The summed E-state index contributed by atoms with van der Waals surface area (Å²) in [6, 6.07) is 5.93. The molecule has 0 radical (unpaired) electrons. The van der Waals surface area contributed by atoms with Gasteiger partial charge in [0.1, 0.15) is 15.1 Å². The van der Waals surface area contributed by atoms with Gasteiger partial charge in [0.15, 0.2) is 11.5 Å². The topological polar surface area (TPSA) is 38.9 Å². The lowest BCUT2D eigenvalue weighted by Crippen LogP contribution is -1.76. The van der Waals surface area contributed by atoms with E-state index in [0.29, 0.717) is 5.89 Å². The first kappa shape index (κ1) is 9.99. The smallest absolute Gasteiger partial charge is 0.192 e. The van der Waals surface area contributed by atoms with Crippen molar-refractivity contribution < 1.29 is 4.42 Å². The second kappa shape index (κ2) is 3.68. The molecule has 3 rings (SSSR count). The van der Waals surface area contributed by atoms with Crippen LogP contribution < -0.4 is 0 Å². The Morgan fingerprint density at radius 3 is 2.94 bits per heavy atom. The van der Waals surface area contributed by atoms with Crippen molar-refractivity contribution in [2.75, 3.05) is 0 Å². The molecule has 5 heteroatoms. The van der Waals surface area contributed by atoms with E-state index in [1.165, 1.54) is 0 Å². The number of aryl methyl sites for hydroxylation is 1. The molecule has 0 amide bonds. The molecule has 0 unspecified atom stereocenters. The number of hydrogen-bond donors (Lipinski definition) is 0. The van der Waals surface area contributed by atoms with Crippen LogP contribution in [0.3, 0.4) is 0 Å². The monoisotopic (exact) mass is 294 g/mol. The quantitative estimate of drug-likeness (QED) is 0.680. The molecule has 0 N–H and O–H groups in total. The highest BCUT2D eigenvalue weighted by molar-refractivity contribution is 9.10. The van der Waals surface area contributed by atoms with Crippen LogP contribution in [0.4, 0.5) is 0 Å². The Morgan fingerprint density at radius 2 is 2.19 bits per heavy atom. The van der Waals surface area contributed by atoms with E-state index >= 15 is 0 Å². The molecule has 0 aliphatic heterocycles. The fraction of sp³-hybridized carbons (Fsp3) is 0.0909. The molecule has 2 aromatic heterocycles. The second-order valence-corrected chi connectivity index (χ2v) is 5.06. The number of nitrogens with zero attached hydrogens (tertiary/aromatic N) is 2. The van der Waals surface area contributed by atoms with E-state index in [9.17, 15) is 0 Å². The van der Waals surface area contributed by atoms with Gasteiger partial charge in [0.05, 0.1) is 0 Å². The van der Waals surface area contributed by atoms with Crippen LogP contribution in [0, 0.1) is 6.92 Å². The molecule has 2 heterocycles. The van der Waals surface area contributed by atoms with Crippen molar-refractivity contribution in [2.24, 2.45) is 0 Å². The van der Waals surface area contributed by atoms with Crippen LogP contribution >= 0.6 is 27.3 Å². The van der Waals surface area contributed by atoms with Gasteiger partial charge in [-0.3, -0.25) is 0 Å². The first-order valence-electron chi connectivity index (χ1n) is 4.71. The van der Waals surface area contributed by atoms with Gasteiger partial charge in [0.25, 0.3) is 0 Å². The average molecular weight is 295 g/mol. The normalized spacial score (nSPS) is 11.1. The lowest BCUT2D eigenvalue weighted by Gasteiger charge is -1.94. The molecular weight excluding hydrogens is 288 g/mol. The van der Waals surface area contributed by atoms with Gasteiger partial charge in [0, 0.05) is 17.9 Å². The van der Waals surface area contributed by atoms with Crippen molar-refractivity contribution in [1.29, 1.82) is 0 Å². The zero-order valence-corrected chi connectivity index (χ0v) is 10.8. The Balaban J connectivity index is 2.17. The Hall–Kier alpha value is -1.20. The SMILES string of the molecule is Cc1nc2cc(-c3nc(Br)cs3)ccc2o1. The highest BCUT2D eigenvalue weighted by atomic mass is 79.9. The molecule has 16 heavy (non-hydrogen) atoms. The standard InChI is InChI=1S/C11H7BrN2OS/c1-6-13-8-4-7(2-3-9(8)15-6)11-14-10(12)5-16-11/h2-5H,1H3. The molecule has 0 aliphatic carbocycles. The number of halogens is 1. The van der Waals surface area contributed by atoms with Crippen molar-refractivity contribution in [3.05, 3.63) is 34.1 Å². The third-order valence-electron chi connectivity index (χ3n) is 2.22. The molecular formula is C11H7BrN2OS. The molecule has 3 aromatic rings. The average Bonchev–Trinajstić information content (AvgIpc) is 2.81. The molecule has 3 nitrogen and oxygen atoms in total. The summed E-state index contributed by atoms with van der Waals surface area (Å²) in [4.78, 5) is 8.68. The fourth-order valence-corrected chi connectivity index (χ4v) is 2.81. The molecule has 0 saturated heterocycles. The lowest BCUT2D eigenvalue weighted by molar-refractivity contribution is 0.561. The number of thiazole rings is 1. The van der Waals surface area contributed by atoms with E-state index < -0.39 is 0 Å². The minimum Gasteiger partial charge on any atom is -0.441 e. The minimum absolute atomic E-state index is 0.687. The van der Waals surface area contributed by atoms with E-state index in [0.717, 1.165) is 26.3 Å². The van der Waals surface area contributed by atoms with Crippen LogP contribution in [0.25, 0.3) is 21.7 Å². The fourth-order valence-electron chi connectivity index (χ4n) is 1.56. The number of oxazole rings is 1. The zero-order chi connectivity index (χ0) is 11.1. The van der Waals surface area contributed by atoms with Crippen molar-refractivity contribution in [3.8, 4) is 10.6 Å². The number of aromatic nitrogens is 2. The van der Waals surface area contributed by atoms with Crippen LogP contribution in [0.2, 0.25) is 0 Å². The van der Waals surface area contributed by atoms with Gasteiger partial charge in [-0.2, -0.15) is 0 Å². The molecule has 0 aliphatic rings. The van der Waals surface area contributed by atoms with Gasteiger partial charge in [-0.1, -0.05) is 0 Å². The van der Waals surface area contributed by atoms with E-state index in [4.69, 9.17) is 4.42 Å². The minimum atomic E-state index is 0.687. The van der Waals surface area contributed by atoms with Gasteiger partial charge in [0.2, 0.25) is 0 Å². The summed E-state index contributed by atoms with van der Waals surface area (Å²) < 4.78 is 6.29. The number of benzene rings is 1. The van der Waals surface area contributed by atoms with Crippen molar-refractivity contribution in [3.63, 3.8) is 0 Å². The van der Waals surface area contributed by atoms with E-state index in [1.54, 1.807) is 11.3 Å². The van der Waals surface area contributed by atoms with Crippen LogP contribution in [-0.2, 0) is 0 Å². The third kappa shape index (κ3) is 1.66. The molecule has 0 spiro atoms. The first-order valence-corrected chi connectivity index (χ1v) is 6.38. The lowest BCUT2D eigenvalue weighted by atomic mass is 10.2. The van der Waals surface area contributed by atoms with Crippen LogP contribution in [0.1, 0.15) is 5.89 Å². The maximum Gasteiger partial charge on any atom is 0.192 e. The summed E-state index contributed by atoms with van der Waals surface area (Å²) in [6.45, 7) is 1.85. The van der Waals surface area contributed by atoms with E-state index in [1.807, 2.05) is 30.5 Å². The van der Waals surface area contributed by atoms with Gasteiger partial charge in [-0.05, 0) is 34.1 Å². The highest BCUT2D eigenvalue weighted by Gasteiger charge is 2.07.